The molecule has 3 heterocycles. The van der Waals surface area contributed by atoms with Gasteiger partial charge in [-0.05, 0) is 60.3 Å². The van der Waals surface area contributed by atoms with Gasteiger partial charge in [-0.3, -0.25) is 19.8 Å². The second kappa shape index (κ2) is 11.5. The number of amides is 3. The number of hydrogen-bond acceptors (Lipinski definition) is 8. The van der Waals surface area contributed by atoms with Crippen LogP contribution in [0.5, 0.6) is 0 Å². The Morgan fingerprint density at radius 3 is 2.38 bits per heavy atom. The summed E-state index contributed by atoms with van der Waals surface area (Å²) in [5.74, 6) is -1.14. The van der Waals surface area contributed by atoms with E-state index in [1.807, 2.05) is 24.3 Å². The minimum atomic E-state index is -3.75. The van der Waals surface area contributed by atoms with Crippen LogP contribution < -0.4 is 10.6 Å². The smallest absolute Gasteiger partial charge is 0.413 e. The molecule has 2 aliphatic rings. The standard InChI is InChI=1S/C28H30N4O6S2/c1-3-31-14-13-22-23(17-31)39-27(24(22)26(34)30-28(35)38-2)29-25(33)19-8-10-21(11-9-19)40(36,37)32-15-12-18-6-4-5-7-20(18)16-32/h4-11H,3,12-17H2,1-2H3,(H,29,33)(H,30,34,35). The van der Waals surface area contributed by atoms with Gasteiger partial charge in [0.15, 0.2) is 0 Å². The first-order chi connectivity index (χ1) is 19.2. The Balaban J connectivity index is 1.36. The molecule has 0 bridgehead atoms. The molecule has 2 N–H and O–H groups in total. The minimum absolute atomic E-state index is 0.104. The van der Waals surface area contributed by atoms with Crippen molar-refractivity contribution in [2.45, 2.75) is 37.8 Å². The number of carbonyl (C=O) groups is 3. The fourth-order valence-corrected chi connectivity index (χ4v) is 7.74. The van der Waals surface area contributed by atoms with Crippen molar-refractivity contribution in [3.8, 4) is 0 Å². The molecular weight excluding hydrogens is 552 g/mol. The highest BCUT2D eigenvalue weighted by Crippen LogP contribution is 2.37. The zero-order chi connectivity index (χ0) is 28.4. The third-order valence-electron chi connectivity index (χ3n) is 7.29. The van der Waals surface area contributed by atoms with Crippen molar-refractivity contribution in [3.05, 3.63) is 81.2 Å². The number of ether oxygens (including phenoxy) is 1. The predicted molar refractivity (Wildman–Crippen MR) is 151 cm³/mol. The van der Waals surface area contributed by atoms with Crippen LogP contribution in [0.15, 0.2) is 53.4 Å². The van der Waals surface area contributed by atoms with Crippen molar-refractivity contribution < 1.29 is 27.5 Å². The second-order valence-electron chi connectivity index (χ2n) is 9.61. The lowest BCUT2D eigenvalue weighted by molar-refractivity contribution is 0.0936. The number of fused-ring (bicyclic) bond motifs is 2. The van der Waals surface area contributed by atoms with Crippen LogP contribution in [0.3, 0.4) is 0 Å². The van der Waals surface area contributed by atoms with Crippen molar-refractivity contribution in [2.75, 3.05) is 32.1 Å². The maximum Gasteiger partial charge on any atom is 0.413 e. The molecule has 0 fully saturated rings. The van der Waals surface area contributed by atoms with E-state index in [0.29, 0.717) is 37.5 Å². The molecule has 3 aromatic rings. The average Bonchev–Trinajstić information content (AvgIpc) is 3.33. The van der Waals surface area contributed by atoms with Gasteiger partial charge in [-0.2, -0.15) is 4.31 Å². The van der Waals surface area contributed by atoms with Gasteiger partial charge in [0, 0.05) is 36.6 Å². The molecule has 2 aromatic carbocycles. The number of sulfonamides is 1. The van der Waals surface area contributed by atoms with E-state index in [4.69, 9.17) is 0 Å². The topological polar surface area (TPSA) is 125 Å². The number of alkyl carbamates (subject to hydrolysis) is 1. The molecule has 210 valence electrons. The van der Waals surface area contributed by atoms with Crippen LogP contribution >= 0.6 is 11.3 Å². The molecule has 0 atom stereocenters. The van der Waals surface area contributed by atoms with Crippen LogP contribution in [0.4, 0.5) is 9.80 Å². The van der Waals surface area contributed by atoms with Crippen LogP contribution in [0.1, 0.15) is 49.2 Å². The number of likely N-dealkylation sites (N-methyl/N-ethyl adjacent to an activating group) is 1. The van der Waals surface area contributed by atoms with Gasteiger partial charge in [-0.15, -0.1) is 11.3 Å². The Bertz CT molecular complexity index is 1570. The minimum Gasteiger partial charge on any atom is -0.453 e. The summed E-state index contributed by atoms with van der Waals surface area (Å²) in [4.78, 5) is 41.2. The van der Waals surface area contributed by atoms with E-state index in [1.165, 1.54) is 47.0 Å². The molecule has 2 aliphatic heterocycles. The number of rotatable bonds is 6. The van der Waals surface area contributed by atoms with Gasteiger partial charge in [0.25, 0.3) is 11.8 Å². The van der Waals surface area contributed by atoms with E-state index >= 15 is 0 Å². The molecule has 0 spiro atoms. The van der Waals surface area contributed by atoms with Crippen LogP contribution in [-0.2, 0) is 40.7 Å². The fourth-order valence-electron chi connectivity index (χ4n) is 5.04. The van der Waals surface area contributed by atoms with Crippen molar-refractivity contribution in [2.24, 2.45) is 0 Å². The molecule has 0 aliphatic carbocycles. The lowest BCUT2D eigenvalue weighted by Crippen LogP contribution is -2.35. The summed E-state index contributed by atoms with van der Waals surface area (Å²) >= 11 is 1.30. The number of benzene rings is 2. The number of hydrogen-bond donors (Lipinski definition) is 2. The van der Waals surface area contributed by atoms with Crippen LogP contribution in [0.25, 0.3) is 0 Å². The number of anilines is 1. The molecule has 0 unspecified atom stereocenters. The largest absolute Gasteiger partial charge is 0.453 e. The molecule has 0 saturated heterocycles. The number of imide groups is 1. The van der Waals surface area contributed by atoms with E-state index < -0.39 is 27.9 Å². The lowest BCUT2D eigenvalue weighted by atomic mass is 10.0. The van der Waals surface area contributed by atoms with Gasteiger partial charge in [-0.25, -0.2) is 13.2 Å². The fraction of sp³-hybridized carbons (Fsp3) is 0.321. The van der Waals surface area contributed by atoms with E-state index in [-0.39, 0.29) is 16.0 Å². The molecular formula is C28H30N4O6S2. The third kappa shape index (κ3) is 5.52. The van der Waals surface area contributed by atoms with Crippen molar-refractivity contribution >= 4 is 44.3 Å². The van der Waals surface area contributed by atoms with Gasteiger partial charge in [0.05, 0.1) is 17.6 Å². The van der Waals surface area contributed by atoms with E-state index in [2.05, 4.69) is 27.2 Å². The zero-order valence-corrected chi connectivity index (χ0v) is 23.9. The van der Waals surface area contributed by atoms with Gasteiger partial charge in [0.2, 0.25) is 10.0 Å². The summed E-state index contributed by atoms with van der Waals surface area (Å²) in [6.45, 7) is 4.98. The summed E-state index contributed by atoms with van der Waals surface area (Å²) < 4.78 is 32.6. The van der Waals surface area contributed by atoms with Gasteiger partial charge >= 0.3 is 6.09 Å². The Labute approximate surface area is 237 Å². The summed E-state index contributed by atoms with van der Waals surface area (Å²) in [5.41, 5.74) is 3.43. The zero-order valence-electron chi connectivity index (χ0n) is 22.2. The predicted octanol–water partition coefficient (Wildman–Crippen LogP) is 3.62. The first kappa shape index (κ1) is 28.0. The number of methoxy groups -OCH3 is 1. The van der Waals surface area contributed by atoms with Gasteiger partial charge in [0.1, 0.15) is 5.00 Å². The van der Waals surface area contributed by atoms with Gasteiger partial charge in [-0.1, -0.05) is 31.2 Å². The second-order valence-corrected chi connectivity index (χ2v) is 12.7. The molecule has 5 rings (SSSR count). The van der Waals surface area contributed by atoms with Crippen LogP contribution in [0, 0.1) is 0 Å². The third-order valence-corrected chi connectivity index (χ3v) is 10.3. The molecule has 12 heteroatoms. The first-order valence-electron chi connectivity index (χ1n) is 13.0. The highest BCUT2D eigenvalue weighted by molar-refractivity contribution is 7.89. The maximum absolute atomic E-state index is 13.3. The molecule has 0 saturated carbocycles. The molecule has 40 heavy (non-hydrogen) atoms. The van der Waals surface area contributed by atoms with Crippen molar-refractivity contribution in [3.63, 3.8) is 0 Å². The normalized spacial score (nSPS) is 15.6. The molecule has 3 amide bonds. The summed E-state index contributed by atoms with van der Waals surface area (Å²) in [6.07, 6.45) is 0.359. The lowest BCUT2D eigenvalue weighted by Gasteiger charge is -2.28. The maximum atomic E-state index is 13.3. The van der Waals surface area contributed by atoms with E-state index in [9.17, 15) is 22.8 Å². The quantitative estimate of drug-likeness (QED) is 0.455. The molecule has 10 nitrogen and oxygen atoms in total. The van der Waals surface area contributed by atoms with E-state index in [1.54, 1.807) is 0 Å². The molecule has 1 aromatic heterocycles. The van der Waals surface area contributed by atoms with E-state index in [0.717, 1.165) is 34.7 Å². The summed E-state index contributed by atoms with van der Waals surface area (Å²) in [6, 6.07) is 13.6. The molecule has 0 radical (unpaired) electrons. The van der Waals surface area contributed by atoms with Crippen molar-refractivity contribution in [1.29, 1.82) is 0 Å². The summed E-state index contributed by atoms with van der Waals surface area (Å²) in [7, 11) is -2.58. The van der Waals surface area contributed by atoms with Crippen molar-refractivity contribution in [1.82, 2.24) is 14.5 Å². The van der Waals surface area contributed by atoms with Crippen LogP contribution in [0.2, 0.25) is 0 Å². The van der Waals surface area contributed by atoms with Crippen LogP contribution in [-0.4, -0.2) is 62.3 Å². The Kier molecular flexibility index (Phi) is 8.04. The Morgan fingerprint density at radius 2 is 1.68 bits per heavy atom. The number of carbonyl (C=O) groups excluding carboxylic acids is 3. The number of nitrogens with one attached hydrogen (secondary N) is 2. The Hall–Kier alpha value is -3.58. The SMILES string of the molecule is CCN1CCc2c(sc(NC(=O)c3ccc(S(=O)(=O)N4CCc5ccccc5C4)cc3)c2C(=O)NC(=O)OC)C1. The van der Waals surface area contributed by atoms with Gasteiger partial charge < -0.3 is 10.1 Å². The monoisotopic (exact) mass is 582 g/mol. The Morgan fingerprint density at radius 1 is 0.950 bits per heavy atom. The highest BCUT2D eigenvalue weighted by Gasteiger charge is 2.31. The first-order valence-corrected chi connectivity index (χ1v) is 15.2. The number of thiophene rings is 1. The summed E-state index contributed by atoms with van der Waals surface area (Å²) in [5, 5.41) is 5.33. The highest BCUT2D eigenvalue weighted by atomic mass is 32.2. The number of nitrogens with zero attached hydrogens (tertiary/aromatic N) is 2. The average molecular weight is 583 g/mol.